The lowest BCUT2D eigenvalue weighted by atomic mass is 9.77. The summed E-state index contributed by atoms with van der Waals surface area (Å²) in [6.45, 7) is 0. The van der Waals surface area contributed by atoms with Crippen LogP contribution in [0.25, 0.3) is 0 Å². The van der Waals surface area contributed by atoms with Gasteiger partial charge in [0.15, 0.2) is 0 Å². The molecule has 6 fully saturated rings. The first-order chi connectivity index (χ1) is 17.2. The molecule has 7 heteroatoms. The van der Waals surface area contributed by atoms with Crippen LogP contribution >= 0.6 is 0 Å². The van der Waals surface area contributed by atoms with Crippen molar-refractivity contribution in [3.63, 3.8) is 0 Å². The van der Waals surface area contributed by atoms with Crippen molar-refractivity contribution in [2.75, 3.05) is 0 Å². The van der Waals surface area contributed by atoms with Crippen molar-refractivity contribution in [3.8, 4) is 0 Å². The number of aliphatic imine (C=N–C) groups is 2. The predicted octanol–water partition coefficient (Wildman–Crippen LogP) is 3.70. The van der Waals surface area contributed by atoms with Gasteiger partial charge in [-0.2, -0.15) is 0 Å². The van der Waals surface area contributed by atoms with Gasteiger partial charge in [-0.25, -0.2) is 0 Å². The summed E-state index contributed by atoms with van der Waals surface area (Å²) in [5, 5.41) is 0. The average Bonchev–Trinajstić information content (AvgIpc) is 3.59. The Morgan fingerprint density at radius 3 is 1.51 bits per heavy atom. The van der Waals surface area contributed by atoms with Crippen LogP contribution in [0.4, 0.5) is 0 Å². The molecule has 0 aromatic heterocycles. The zero-order chi connectivity index (χ0) is 23.3. The van der Waals surface area contributed by atoms with Crippen molar-refractivity contribution < 1.29 is 14.3 Å². The summed E-state index contributed by atoms with van der Waals surface area (Å²) >= 11 is 0. The Bertz CT molecular complexity index is 930. The van der Waals surface area contributed by atoms with Crippen molar-refractivity contribution in [2.24, 2.45) is 33.7 Å². The van der Waals surface area contributed by atoms with E-state index in [2.05, 4.69) is 9.80 Å². The van der Waals surface area contributed by atoms with E-state index in [9.17, 15) is 9.59 Å². The maximum absolute atomic E-state index is 13.5. The average molecular weight is 479 g/mol. The van der Waals surface area contributed by atoms with Crippen molar-refractivity contribution in [3.05, 3.63) is 0 Å². The molecule has 0 N–H and O–H groups in total. The molecule has 8 rings (SSSR count). The SMILES string of the molecule is O=C1C2CC(OC3CCC4C5=NC6CCCCC6N5C(=O)C4C3)CCC2C2=NC3CCCCC3N12. The summed E-state index contributed by atoms with van der Waals surface area (Å²) in [5.74, 6) is 3.64. The highest BCUT2D eigenvalue weighted by Crippen LogP contribution is 2.49. The predicted molar refractivity (Wildman–Crippen MR) is 131 cm³/mol. The minimum Gasteiger partial charge on any atom is -0.375 e. The molecule has 0 aromatic rings. The summed E-state index contributed by atoms with van der Waals surface area (Å²) in [4.78, 5) is 41.3. The van der Waals surface area contributed by atoms with Gasteiger partial charge in [0.1, 0.15) is 11.7 Å². The van der Waals surface area contributed by atoms with Gasteiger partial charge in [-0.15, -0.1) is 0 Å². The highest BCUT2D eigenvalue weighted by atomic mass is 16.5. The molecular formula is C28H38N4O3. The minimum atomic E-state index is 0.0582. The first-order valence-electron chi connectivity index (χ1n) is 14.6. The summed E-state index contributed by atoms with van der Waals surface area (Å²) in [6.07, 6.45) is 15.5. The van der Waals surface area contributed by atoms with Gasteiger partial charge in [-0.1, -0.05) is 25.7 Å². The number of amidine groups is 2. The fourth-order valence-electron chi connectivity index (χ4n) is 9.30. The molecular weight excluding hydrogens is 440 g/mol. The number of fused-ring (bicyclic) bond motifs is 10. The van der Waals surface area contributed by atoms with Crippen LogP contribution in [0.5, 0.6) is 0 Å². The molecule has 0 bridgehead atoms. The minimum absolute atomic E-state index is 0.0582. The van der Waals surface area contributed by atoms with Crippen LogP contribution in [-0.4, -0.2) is 69.7 Å². The number of hydrogen-bond acceptors (Lipinski definition) is 5. The Balaban J connectivity index is 0.936. The first-order valence-corrected chi connectivity index (χ1v) is 14.6. The van der Waals surface area contributed by atoms with Crippen LogP contribution in [0.15, 0.2) is 9.98 Å². The molecule has 2 amide bonds. The van der Waals surface area contributed by atoms with Gasteiger partial charge in [0.25, 0.3) is 0 Å². The second-order valence-electron chi connectivity index (χ2n) is 12.7. The van der Waals surface area contributed by atoms with E-state index in [1.807, 2.05) is 0 Å². The normalized spacial score (nSPS) is 48.0. The van der Waals surface area contributed by atoms with E-state index in [1.54, 1.807) is 0 Å². The standard InChI is InChI=1S/C28H38N4O3/c33-27-19-13-15(9-11-17(19)25-29-21-5-1-3-7-23(21)31(25)27)35-16-10-12-18-20(14-16)28(34)32-24-8-4-2-6-22(24)30-26(18)32/h15-24H,1-14H2. The van der Waals surface area contributed by atoms with Crippen LogP contribution in [0, 0.1) is 23.7 Å². The summed E-state index contributed by atoms with van der Waals surface area (Å²) in [5.41, 5.74) is 0. The number of amides is 2. The van der Waals surface area contributed by atoms with Crippen molar-refractivity contribution in [1.82, 2.24) is 9.80 Å². The molecule has 4 aliphatic carbocycles. The van der Waals surface area contributed by atoms with Gasteiger partial charge in [0.2, 0.25) is 11.8 Å². The molecule has 188 valence electrons. The van der Waals surface area contributed by atoms with Gasteiger partial charge >= 0.3 is 0 Å². The molecule has 10 atom stereocenters. The third-order valence-electron chi connectivity index (χ3n) is 10.9. The maximum atomic E-state index is 13.5. The van der Waals surface area contributed by atoms with Crippen LogP contribution in [0.3, 0.4) is 0 Å². The Labute approximate surface area is 207 Å². The lowest BCUT2D eigenvalue weighted by Gasteiger charge is -2.36. The van der Waals surface area contributed by atoms with Crippen molar-refractivity contribution in [1.29, 1.82) is 0 Å². The number of nitrogens with zero attached hydrogens (tertiary/aromatic N) is 4. The number of carbonyl (C=O) groups is 2. The zero-order valence-electron chi connectivity index (χ0n) is 20.7. The monoisotopic (exact) mass is 478 g/mol. The van der Waals surface area contributed by atoms with Gasteiger partial charge in [-0.3, -0.25) is 29.4 Å². The third kappa shape index (κ3) is 3.05. The fraction of sp³-hybridized carbons (Fsp3) is 0.857. The number of rotatable bonds is 2. The van der Waals surface area contributed by atoms with E-state index < -0.39 is 0 Å². The zero-order valence-corrected chi connectivity index (χ0v) is 20.7. The van der Waals surface area contributed by atoms with E-state index in [-0.39, 0.29) is 24.0 Å². The highest BCUT2D eigenvalue weighted by molar-refractivity contribution is 6.10. The van der Waals surface area contributed by atoms with E-state index in [0.717, 1.165) is 75.9 Å². The molecule has 7 nitrogen and oxygen atoms in total. The third-order valence-corrected chi connectivity index (χ3v) is 10.9. The van der Waals surface area contributed by atoms with Gasteiger partial charge in [-0.05, 0) is 64.2 Å². The summed E-state index contributed by atoms with van der Waals surface area (Å²) < 4.78 is 6.68. The number of ether oxygens (including phenoxy) is 1. The second kappa shape index (κ2) is 7.87. The molecule has 8 aliphatic rings. The smallest absolute Gasteiger partial charge is 0.232 e. The highest BCUT2D eigenvalue weighted by Gasteiger charge is 2.57. The lowest BCUT2D eigenvalue weighted by Crippen LogP contribution is -2.43. The fourth-order valence-corrected chi connectivity index (χ4v) is 9.30. The molecule has 4 aliphatic heterocycles. The Kier molecular flexibility index (Phi) is 4.80. The van der Waals surface area contributed by atoms with Crippen LogP contribution in [0.1, 0.15) is 89.9 Å². The molecule has 2 saturated heterocycles. The van der Waals surface area contributed by atoms with Crippen LogP contribution in [0.2, 0.25) is 0 Å². The molecule has 10 unspecified atom stereocenters. The molecule has 35 heavy (non-hydrogen) atoms. The number of carbonyl (C=O) groups excluding carboxylic acids is 2. The van der Waals surface area contributed by atoms with E-state index in [4.69, 9.17) is 14.7 Å². The lowest BCUT2D eigenvalue weighted by molar-refractivity contribution is -0.137. The Morgan fingerprint density at radius 2 is 1.03 bits per heavy atom. The topological polar surface area (TPSA) is 74.6 Å². The molecule has 4 heterocycles. The quantitative estimate of drug-likeness (QED) is 0.607. The van der Waals surface area contributed by atoms with Crippen LogP contribution < -0.4 is 0 Å². The molecule has 4 saturated carbocycles. The van der Waals surface area contributed by atoms with Crippen molar-refractivity contribution in [2.45, 2.75) is 126 Å². The summed E-state index contributed by atoms with van der Waals surface area (Å²) in [6, 6.07) is 1.39. The van der Waals surface area contributed by atoms with E-state index >= 15 is 0 Å². The molecule has 0 spiro atoms. The van der Waals surface area contributed by atoms with Crippen molar-refractivity contribution >= 4 is 23.5 Å². The Hall–Kier alpha value is -1.76. The molecule has 0 aromatic carbocycles. The van der Waals surface area contributed by atoms with Gasteiger partial charge in [0.05, 0.1) is 48.2 Å². The largest absolute Gasteiger partial charge is 0.375 e. The van der Waals surface area contributed by atoms with Gasteiger partial charge in [0, 0.05) is 11.8 Å². The summed E-state index contributed by atoms with van der Waals surface area (Å²) in [7, 11) is 0. The first kappa shape index (κ1) is 21.3. The number of hydrogen-bond donors (Lipinski definition) is 0. The maximum Gasteiger partial charge on any atom is 0.232 e. The van der Waals surface area contributed by atoms with E-state index in [0.29, 0.717) is 47.8 Å². The van der Waals surface area contributed by atoms with Crippen LogP contribution in [-0.2, 0) is 14.3 Å². The Morgan fingerprint density at radius 1 is 0.571 bits per heavy atom. The molecule has 0 radical (unpaired) electrons. The van der Waals surface area contributed by atoms with Gasteiger partial charge < -0.3 is 4.74 Å². The second-order valence-corrected chi connectivity index (χ2v) is 12.7. The van der Waals surface area contributed by atoms with E-state index in [1.165, 1.54) is 25.7 Å².